The minimum atomic E-state index is -0.307. The van der Waals surface area contributed by atoms with E-state index in [1.54, 1.807) is 24.3 Å². The molecule has 1 heterocycles. The number of rotatable bonds is 3. The van der Waals surface area contributed by atoms with Crippen molar-refractivity contribution in [1.82, 2.24) is 5.32 Å². The number of carbonyl (C=O) groups excluding carboxylic acids is 1. The first-order valence-corrected chi connectivity index (χ1v) is 7.39. The van der Waals surface area contributed by atoms with Crippen molar-refractivity contribution >= 4 is 5.78 Å². The first-order valence-electron chi connectivity index (χ1n) is 7.39. The summed E-state index contributed by atoms with van der Waals surface area (Å²) >= 11 is 0. The van der Waals surface area contributed by atoms with Gasteiger partial charge < -0.3 is 5.32 Å². The maximum atomic E-state index is 13.2. The molecule has 0 radical (unpaired) electrons. The van der Waals surface area contributed by atoms with E-state index in [-0.39, 0.29) is 29.3 Å². The molecule has 2 aromatic carbocycles. The number of halogens is 2. The molecular formula is C18H17F2NO. The van der Waals surface area contributed by atoms with Crippen LogP contribution in [-0.2, 0) is 4.79 Å². The van der Waals surface area contributed by atoms with Gasteiger partial charge in [0.2, 0.25) is 0 Å². The van der Waals surface area contributed by atoms with Gasteiger partial charge >= 0.3 is 0 Å². The van der Waals surface area contributed by atoms with Crippen molar-refractivity contribution in [2.24, 2.45) is 5.92 Å². The lowest BCUT2D eigenvalue weighted by Crippen LogP contribution is -2.39. The van der Waals surface area contributed by atoms with E-state index in [9.17, 15) is 13.6 Å². The molecule has 0 bridgehead atoms. The highest BCUT2D eigenvalue weighted by Gasteiger charge is 2.32. The molecule has 0 spiro atoms. The number of Topliss-reactive ketones (excluding diaryl/α,β-unsaturated/α-hetero) is 1. The molecule has 0 saturated carbocycles. The van der Waals surface area contributed by atoms with Crippen LogP contribution in [0.15, 0.2) is 48.5 Å². The second-order valence-electron chi connectivity index (χ2n) is 5.62. The van der Waals surface area contributed by atoms with Crippen LogP contribution >= 0.6 is 0 Å². The van der Waals surface area contributed by atoms with Gasteiger partial charge in [-0.3, -0.25) is 4.79 Å². The largest absolute Gasteiger partial charge is 0.310 e. The molecule has 1 unspecified atom stereocenters. The molecule has 0 amide bonds. The molecule has 1 atom stereocenters. The van der Waals surface area contributed by atoms with Gasteiger partial charge in [0.1, 0.15) is 11.6 Å². The van der Waals surface area contributed by atoms with Crippen molar-refractivity contribution in [3.05, 3.63) is 71.3 Å². The third-order valence-corrected chi connectivity index (χ3v) is 4.21. The third kappa shape index (κ3) is 3.07. The van der Waals surface area contributed by atoms with Gasteiger partial charge in [0, 0.05) is 11.8 Å². The van der Waals surface area contributed by atoms with E-state index in [2.05, 4.69) is 5.32 Å². The van der Waals surface area contributed by atoms with Gasteiger partial charge in [-0.25, -0.2) is 8.78 Å². The summed E-state index contributed by atoms with van der Waals surface area (Å²) in [5.41, 5.74) is 1.77. The van der Waals surface area contributed by atoms with Crippen LogP contribution in [0.2, 0.25) is 0 Å². The monoisotopic (exact) mass is 301 g/mol. The van der Waals surface area contributed by atoms with Crippen molar-refractivity contribution in [2.75, 3.05) is 13.1 Å². The van der Waals surface area contributed by atoms with Crippen LogP contribution in [0.5, 0.6) is 0 Å². The Morgan fingerprint density at radius 1 is 0.909 bits per heavy atom. The fraction of sp³-hybridized carbons (Fsp3) is 0.278. The minimum absolute atomic E-state index is 0.143. The smallest absolute Gasteiger partial charge is 0.150 e. The Balaban J connectivity index is 2.02. The molecule has 1 saturated heterocycles. The standard InChI is InChI=1S/C18H17F2NO/c19-14-5-1-12(2-6-14)18(13-3-7-15(20)8-4-13)16-9-10-21-11-17(16)22/h1-8,16,18,21H,9-11H2. The van der Waals surface area contributed by atoms with E-state index in [1.165, 1.54) is 24.3 Å². The normalized spacial score (nSPS) is 18.7. The number of piperidine rings is 1. The molecule has 1 aliphatic rings. The van der Waals surface area contributed by atoms with Crippen molar-refractivity contribution in [1.29, 1.82) is 0 Å². The Labute approximate surface area is 128 Å². The molecule has 4 heteroatoms. The number of nitrogens with one attached hydrogen (secondary N) is 1. The molecule has 0 aliphatic carbocycles. The lowest BCUT2D eigenvalue weighted by atomic mass is 9.76. The fourth-order valence-corrected chi connectivity index (χ4v) is 3.11. The number of ketones is 1. The van der Waals surface area contributed by atoms with Gasteiger partial charge in [-0.15, -0.1) is 0 Å². The molecule has 1 aliphatic heterocycles. The molecule has 3 rings (SSSR count). The zero-order valence-electron chi connectivity index (χ0n) is 12.1. The number of hydrogen-bond donors (Lipinski definition) is 1. The average Bonchev–Trinajstić information content (AvgIpc) is 2.53. The van der Waals surface area contributed by atoms with Crippen molar-refractivity contribution in [2.45, 2.75) is 12.3 Å². The van der Waals surface area contributed by atoms with Crippen molar-refractivity contribution in [3.8, 4) is 0 Å². The number of carbonyl (C=O) groups is 1. The lowest BCUT2D eigenvalue weighted by molar-refractivity contribution is -0.123. The first-order chi connectivity index (χ1) is 10.6. The second kappa shape index (κ2) is 6.36. The summed E-state index contributed by atoms with van der Waals surface area (Å²) in [6.45, 7) is 1.12. The molecule has 2 nitrogen and oxygen atoms in total. The SMILES string of the molecule is O=C1CNCCC1C(c1ccc(F)cc1)c1ccc(F)cc1. The highest BCUT2D eigenvalue weighted by molar-refractivity contribution is 5.85. The summed E-state index contributed by atoms with van der Waals surface area (Å²) in [4.78, 5) is 12.3. The van der Waals surface area contributed by atoms with Gasteiger partial charge in [-0.1, -0.05) is 24.3 Å². The highest BCUT2D eigenvalue weighted by atomic mass is 19.1. The summed E-state index contributed by atoms with van der Waals surface area (Å²) in [7, 11) is 0. The van der Waals surface area contributed by atoms with E-state index in [0.29, 0.717) is 6.54 Å². The Bertz CT molecular complexity index is 606. The van der Waals surface area contributed by atoms with E-state index >= 15 is 0 Å². The van der Waals surface area contributed by atoms with Crippen LogP contribution in [0.1, 0.15) is 23.5 Å². The molecule has 2 aromatic rings. The molecule has 1 N–H and O–H groups in total. The lowest BCUT2D eigenvalue weighted by Gasteiger charge is -2.30. The number of hydrogen-bond acceptors (Lipinski definition) is 2. The van der Waals surface area contributed by atoms with Gasteiger partial charge in [0.15, 0.2) is 5.78 Å². The Morgan fingerprint density at radius 2 is 1.41 bits per heavy atom. The van der Waals surface area contributed by atoms with Gasteiger partial charge in [0.25, 0.3) is 0 Å². The zero-order valence-corrected chi connectivity index (χ0v) is 12.1. The number of benzene rings is 2. The maximum Gasteiger partial charge on any atom is 0.150 e. The molecule has 1 fully saturated rings. The van der Waals surface area contributed by atoms with Gasteiger partial charge in [0.05, 0.1) is 6.54 Å². The Kier molecular flexibility index (Phi) is 4.29. The highest BCUT2D eigenvalue weighted by Crippen LogP contribution is 2.35. The van der Waals surface area contributed by atoms with Crippen LogP contribution < -0.4 is 5.32 Å². The van der Waals surface area contributed by atoms with Crippen LogP contribution in [0.25, 0.3) is 0 Å². The van der Waals surface area contributed by atoms with Crippen LogP contribution in [-0.4, -0.2) is 18.9 Å². The van der Waals surface area contributed by atoms with Gasteiger partial charge in [-0.05, 0) is 48.4 Å². The van der Waals surface area contributed by atoms with E-state index in [0.717, 1.165) is 24.1 Å². The molecule has 22 heavy (non-hydrogen) atoms. The zero-order chi connectivity index (χ0) is 15.5. The third-order valence-electron chi connectivity index (χ3n) is 4.21. The first kappa shape index (κ1) is 14.9. The van der Waals surface area contributed by atoms with Crippen LogP contribution in [0.4, 0.5) is 8.78 Å². The van der Waals surface area contributed by atoms with Crippen molar-refractivity contribution < 1.29 is 13.6 Å². The van der Waals surface area contributed by atoms with E-state index in [1.807, 2.05) is 0 Å². The minimum Gasteiger partial charge on any atom is -0.310 e. The predicted molar refractivity (Wildman–Crippen MR) is 80.6 cm³/mol. The quantitative estimate of drug-likeness (QED) is 0.942. The molecule has 114 valence electrons. The maximum absolute atomic E-state index is 13.2. The molecule has 0 aromatic heterocycles. The Hall–Kier alpha value is -2.07. The summed E-state index contributed by atoms with van der Waals surface area (Å²) in [6, 6.07) is 12.4. The van der Waals surface area contributed by atoms with E-state index in [4.69, 9.17) is 0 Å². The summed E-state index contributed by atoms with van der Waals surface area (Å²) in [5, 5.41) is 3.07. The van der Waals surface area contributed by atoms with Gasteiger partial charge in [-0.2, -0.15) is 0 Å². The van der Waals surface area contributed by atoms with Crippen LogP contribution in [0, 0.1) is 17.6 Å². The van der Waals surface area contributed by atoms with E-state index < -0.39 is 0 Å². The predicted octanol–water partition coefficient (Wildman–Crippen LogP) is 3.28. The summed E-state index contributed by atoms with van der Waals surface area (Å²) in [6.07, 6.45) is 0.720. The Morgan fingerprint density at radius 3 is 1.86 bits per heavy atom. The average molecular weight is 301 g/mol. The van der Waals surface area contributed by atoms with Crippen LogP contribution in [0.3, 0.4) is 0 Å². The topological polar surface area (TPSA) is 29.1 Å². The summed E-state index contributed by atoms with van der Waals surface area (Å²) in [5.74, 6) is -0.811. The second-order valence-corrected chi connectivity index (χ2v) is 5.62. The van der Waals surface area contributed by atoms with Crippen molar-refractivity contribution in [3.63, 3.8) is 0 Å². The summed E-state index contributed by atoms with van der Waals surface area (Å²) < 4.78 is 26.4. The fourth-order valence-electron chi connectivity index (χ4n) is 3.11. The molecular weight excluding hydrogens is 284 g/mol.